The first-order valence-corrected chi connectivity index (χ1v) is 11.5. The molecule has 8 nitrogen and oxygen atoms in total. The summed E-state index contributed by atoms with van der Waals surface area (Å²) in [5.41, 5.74) is 0.850. The van der Waals surface area contributed by atoms with Crippen molar-refractivity contribution < 1.29 is 28.7 Å². The number of carbonyl (C=O) groups is 4. The molecule has 0 radical (unpaired) electrons. The highest BCUT2D eigenvalue weighted by Gasteiger charge is 2.31. The third-order valence-electron chi connectivity index (χ3n) is 4.49. The molecule has 0 bridgehead atoms. The molecule has 31 heavy (non-hydrogen) atoms. The molecule has 9 heteroatoms. The van der Waals surface area contributed by atoms with Gasteiger partial charge in [0, 0.05) is 6.42 Å². The molecular formula is C22H32N2O6S. The molecule has 0 spiro atoms. The molecule has 0 unspecified atom stereocenters. The van der Waals surface area contributed by atoms with E-state index in [1.807, 2.05) is 50.4 Å². The zero-order valence-electron chi connectivity index (χ0n) is 18.5. The van der Waals surface area contributed by atoms with E-state index in [9.17, 15) is 19.2 Å². The fourth-order valence-corrected chi connectivity index (χ4v) is 3.37. The number of ether oxygens (including phenoxy) is 2. The van der Waals surface area contributed by atoms with Crippen molar-refractivity contribution in [1.82, 2.24) is 10.6 Å². The van der Waals surface area contributed by atoms with Crippen molar-refractivity contribution in [2.75, 3.05) is 19.1 Å². The number of rotatable bonds is 14. The minimum Gasteiger partial charge on any atom is -0.467 e. The number of benzene rings is 1. The van der Waals surface area contributed by atoms with E-state index in [2.05, 4.69) is 10.6 Å². The van der Waals surface area contributed by atoms with Gasteiger partial charge in [-0.3, -0.25) is 9.59 Å². The van der Waals surface area contributed by atoms with Gasteiger partial charge in [-0.25, -0.2) is 9.59 Å². The minimum absolute atomic E-state index is 0.0536. The molecule has 0 fully saturated rings. The Morgan fingerprint density at radius 2 is 1.77 bits per heavy atom. The molecule has 2 amide bonds. The van der Waals surface area contributed by atoms with Crippen molar-refractivity contribution in [3.8, 4) is 0 Å². The first kappa shape index (κ1) is 26.5. The number of carbonyl (C=O) groups excluding carboxylic acids is 4. The van der Waals surface area contributed by atoms with E-state index in [0.717, 1.165) is 5.56 Å². The lowest BCUT2D eigenvalue weighted by atomic mass is 10.0. The van der Waals surface area contributed by atoms with Crippen LogP contribution in [0, 0.1) is 5.92 Å². The van der Waals surface area contributed by atoms with Crippen LogP contribution >= 0.6 is 11.8 Å². The summed E-state index contributed by atoms with van der Waals surface area (Å²) in [7, 11) is 1.25. The van der Waals surface area contributed by atoms with E-state index in [0.29, 0.717) is 18.6 Å². The summed E-state index contributed by atoms with van der Waals surface area (Å²) in [6, 6.07) is 7.45. The maximum Gasteiger partial charge on any atom is 0.329 e. The number of thioether (sulfide) groups is 1. The maximum atomic E-state index is 12.9. The van der Waals surface area contributed by atoms with E-state index in [1.165, 1.54) is 18.9 Å². The SMILES string of the molecule is COC(=O)[C@H](Cc1ccccc1)NC(=O)[C@H](CC(C)C)OC(=O)[C@H](CCSC)NC=O. The Hall–Kier alpha value is -2.55. The molecule has 1 rings (SSSR count). The highest BCUT2D eigenvalue weighted by atomic mass is 32.2. The molecular weight excluding hydrogens is 420 g/mol. The predicted molar refractivity (Wildman–Crippen MR) is 119 cm³/mol. The molecule has 2 N–H and O–H groups in total. The summed E-state index contributed by atoms with van der Waals surface area (Å²) in [5.74, 6) is -1.16. The first-order valence-electron chi connectivity index (χ1n) is 10.1. The van der Waals surface area contributed by atoms with Crippen LogP contribution in [0.1, 0.15) is 32.3 Å². The second kappa shape index (κ2) is 14.5. The van der Waals surface area contributed by atoms with Crippen LogP contribution < -0.4 is 10.6 Å². The number of esters is 2. The summed E-state index contributed by atoms with van der Waals surface area (Å²) in [6.07, 6.45) is 2.13. The Morgan fingerprint density at radius 1 is 1.10 bits per heavy atom. The van der Waals surface area contributed by atoms with Crippen molar-refractivity contribution in [2.45, 2.75) is 51.3 Å². The van der Waals surface area contributed by atoms with Crippen LogP contribution in [0.25, 0.3) is 0 Å². The van der Waals surface area contributed by atoms with Gasteiger partial charge in [0.05, 0.1) is 7.11 Å². The number of hydrogen-bond donors (Lipinski definition) is 2. The van der Waals surface area contributed by atoms with Crippen molar-refractivity contribution in [1.29, 1.82) is 0 Å². The van der Waals surface area contributed by atoms with Gasteiger partial charge >= 0.3 is 11.9 Å². The second-order valence-electron chi connectivity index (χ2n) is 7.45. The third kappa shape index (κ3) is 9.87. The zero-order valence-corrected chi connectivity index (χ0v) is 19.3. The summed E-state index contributed by atoms with van der Waals surface area (Å²) in [5, 5.41) is 5.10. The smallest absolute Gasteiger partial charge is 0.329 e. The summed E-state index contributed by atoms with van der Waals surface area (Å²) < 4.78 is 10.3. The van der Waals surface area contributed by atoms with Gasteiger partial charge in [-0.2, -0.15) is 11.8 Å². The fraction of sp³-hybridized carbons (Fsp3) is 0.545. The zero-order chi connectivity index (χ0) is 23.2. The average molecular weight is 453 g/mol. The van der Waals surface area contributed by atoms with Gasteiger partial charge < -0.3 is 20.1 Å². The van der Waals surface area contributed by atoms with Crippen LogP contribution in [0.3, 0.4) is 0 Å². The monoisotopic (exact) mass is 452 g/mol. The fourth-order valence-electron chi connectivity index (χ4n) is 2.90. The lowest BCUT2D eigenvalue weighted by Gasteiger charge is -2.24. The predicted octanol–water partition coefficient (Wildman–Crippen LogP) is 1.71. The Morgan fingerprint density at radius 3 is 2.32 bits per heavy atom. The molecule has 0 heterocycles. The van der Waals surface area contributed by atoms with E-state index in [1.54, 1.807) is 0 Å². The molecule has 0 aromatic heterocycles. The Kier molecular flexibility index (Phi) is 12.3. The minimum atomic E-state index is -1.10. The second-order valence-corrected chi connectivity index (χ2v) is 8.43. The number of hydrogen-bond acceptors (Lipinski definition) is 7. The van der Waals surface area contributed by atoms with E-state index >= 15 is 0 Å². The lowest BCUT2D eigenvalue weighted by molar-refractivity contribution is -0.160. The molecule has 0 aliphatic heterocycles. The van der Waals surface area contributed by atoms with Gasteiger partial charge in [0.2, 0.25) is 6.41 Å². The van der Waals surface area contributed by atoms with Crippen LogP contribution in [0.5, 0.6) is 0 Å². The molecule has 0 aliphatic carbocycles. The van der Waals surface area contributed by atoms with Gasteiger partial charge in [0.1, 0.15) is 12.1 Å². The van der Waals surface area contributed by atoms with Crippen LogP contribution in [-0.2, 0) is 35.1 Å². The Bertz CT molecular complexity index is 713. The summed E-state index contributed by atoms with van der Waals surface area (Å²) >= 11 is 1.53. The molecule has 0 saturated carbocycles. The van der Waals surface area contributed by atoms with Crippen LogP contribution in [0.4, 0.5) is 0 Å². The van der Waals surface area contributed by atoms with Gasteiger partial charge in [-0.1, -0.05) is 44.2 Å². The average Bonchev–Trinajstić information content (AvgIpc) is 2.75. The summed E-state index contributed by atoms with van der Waals surface area (Å²) in [4.78, 5) is 48.6. The molecule has 1 aromatic rings. The van der Waals surface area contributed by atoms with Crippen molar-refractivity contribution in [2.24, 2.45) is 5.92 Å². The van der Waals surface area contributed by atoms with Gasteiger partial charge in [0.25, 0.3) is 5.91 Å². The quantitative estimate of drug-likeness (QED) is 0.327. The topological polar surface area (TPSA) is 111 Å². The van der Waals surface area contributed by atoms with Gasteiger partial charge in [-0.15, -0.1) is 0 Å². The van der Waals surface area contributed by atoms with E-state index in [4.69, 9.17) is 9.47 Å². The lowest BCUT2D eigenvalue weighted by Crippen LogP contribution is -2.50. The summed E-state index contributed by atoms with van der Waals surface area (Å²) in [6.45, 7) is 3.79. The van der Waals surface area contributed by atoms with E-state index < -0.39 is 36.0 Å². The Balaban J connectivity index is 2.93. The molecule has 0 aliphatic rings. The van der Waals surface area contributed by atoms with Gasteiger partial charge in [-0.05, 0) is 36.3 Å². The van der Waals surface area contributed by atoms with Crippen LogP contribution in [0.15, 0.2) is 30.3 Å². The van der Waals surface area contributed by atoms with Gasteiger partial charge in [0.15, 0.2) is 6.10 Å². The first-order chi connectivity index (χ1) is 14.8. The molecule has 1 aromatic carbocycles. The van der Waals surface area contributed by atoms with E-state index in [-0.39, 0.29) is 18.8 Å². The van der Waals surface area contributed by atoms with Crippen LogP contribution in [0.2, 0.25) is 0 Å². The molecule has 172 valence electrons. The van der Waals surface area contributed by atoms with Crippen molar-refractivity contribution in [3.05, 3.63) is 35.9 Å². The van der Waals surface area contributed by atoms with Crippen molar-refractivity contribution in [3.63, 3.8) is 0 Å². The number of nitrogens with one attached hydrogen (secondary N) is 2. The number of amides is 2. The standard InChI is InChI=1S/C22H32N2O6S/c1-15(2)12-19(30-22(28)17(23-14-25)10-11-31-4)20(26)24-18(21(27)29-3)13-16-8-6-5-7-9-16/h5-9,14-15,17-19H,10-13H2,1-4H3,(H,23,25)(H,24,26)/t17-,18-,19-/m0/s1. The van der Waals surface area contributed by atoms with Crippen molar-refractivity contribution >= 4 is 36.0 Å². The Labute approximate surface area is 187 Å². The highest BCUT2D eigenvalue weighted by Crippen LogP contribution is 2.13. The normalized spacial score (nSPS) is 13.6. The molecule has 0 saturated heterocycles. The largest absolute Gasteiger partial charge is 0.467 e. The highest BCUT2D eigenvalue weighted by molar-refractivity contribution is 7.98. The third-order valence-corrected chi connectivity index (χ3v) is 5.13. The molecule has 3 atom stereocenters. The van der Waals surface area contributed by atoms with Crippen LogP contribution in [-0.4, -0.2) is 61.6 Å². The number of methoxy groups -OCH3 is 1. The maximum absolute atomic E-state index is 12.9.